The molecule has 6 atom stereocenters. The molecule has 6 unspecified atom stereocenters. The summed E-state index contributed by atoms with van der Waals surface area (Å²) in [5.74, 6) is -5.17. The first-order valence-corrected chi connectivity index (χ1v) is 17.8. The van der Waals surface area contributed by atoms with Gasteiger partial charge in [0.1, 0.15) is 0 Å². The van der Waals surface area contributed by atoms with Crippen LogP contribution in [0.1, 0.15) is 29.9 Å². The number of phenols is 1. The van der Waals surface area contributed by atoms with E-state index in [1.807, 2.05) is 36.4 Å². The molecule has 1 saturated carbocycles. The van der Waals surface area contributed by atoms with Gasteiger partial charge in [0.15, 0.2) is 11.5 Å². The van der Waals surface area contributed by atoms with Crippen molar-refractivity contribution < 1.29 is 33.8 Å². The number of allylic oxidation sites excluding steroid dienone is 2. The van der Waals surface area contributed by atoms with Gasteiger partial charge in [-0.2, -0.15) is 0 Å². The molecular weight excluding hydrogens is 736 g/mol. The van der Waals surface area contributed by atoms with E-state index in [9.17, 15) is 19.5 Å². The molecule has 258 valence electrons. The number of anilines is 2. The molecule has 8 rings (SSSR count). The summed E-state index contributed by atoms with van der Waals surface area (Å²) >= 11 is 9.84. The lowest BCUT2D eigenvalue weighted by Crippen LogP contribution is -2.53. The lowest BCUT2D eigenvalue weighted by atomic mass is 9.49. The maximum absolute atomic E-state index is 15.4. The summed E-state index contributed by atoms with van der Waals surface area (Å²) in [6.45, 7) is 0. The lowest BCUT2D eigenvalue weighted by Gasteiger charge is -2.50. The molecule has 0 radical (unpaired) electrons. The number of benzene rings is 4. The molecule has 51 heavy (non-hydrogen) atoms. The number of rotatable bonds is 6. The summed E-state index contributed by atoms with van der Waals surface area (Å²) in [6, 6.07) is 26.2. The minimum Gasteiger partial charge on any atom is -0.502 e. The zero-order valence-corrected chi connectivity index (χ0v) is 29.9. The van der Waals surface area contributed by atoms with Gasteiger partial charge in [0.2, 0.25) is 29.4 Å². The molecule has 0 bridgehead atoms. The van der Waals surface area contributed by atoms with Gasteiger partial charge in [-0.15, -0.1) is 0 Å². The SMILES string of the molecule is COc1cc(C2C3=CCC4C(=O)N(c5ccc(Br)cc5)C(=O)C4C3CC3C(=O)N(c4cccc(Cl)c4)C(=O)C32c2ccccc2)cc(OC)c1O. The fraction of sp³-hybridized carbons (Fsp3) is 0.250. The van der Waals surface area contributed by atoms with Crippen LogP contribution in [0.5, 0.6) is 17.2 Å². The minimum absolute atomic E-state index is 0.123. The highest BCUT2D eigenvalue weighted by Gasteiger charge is 2.70. The van der Waals surface area contributed by atoms with Crippen molar-refractivity contribution in [2.75, 3.05) is 24.0 Å². The highest BCUT2D eigenvalue weighted by molar-refractivity contribution is 9.10. The average molecular weight is 768 g/mol. The van der Waals surface area contributed by atoms with E-state index in [4.69, 9.17) is 21.1 Å². The third-order valence-electron chi connectivity index (χ3n) is 11.1. The van der Waals surface area contributed by atoms with Gasteiger partial charge in [0, 0.05) is 15.4 Å². The Labute approximate surface area is 307 Å². The fourth-order valence-electron chi connectivity index (χ4n) is 9.04. The lowest BCUT2D eigenvalue weighted by molar-refractivity contribution is -0.127. The van der Waals surface area contributed by atoms with Gasteiger partial charge in [-0.1, -0.05) is 75.6 Å². The highest BCUT2D eigenvalue weighted by Crippen LogP contribution is 2.65. The number of aromatic hydroxyl groups is 1. The van der Waals surface area contributed by atoms with E-state index >= 15 is 4.79 Å². The zero-order chi connectivity index (χ0) is 35.8. The molecule has 4 amide bonds. The molecule has 2 aliphatic heterocycles. The Morgan fingerprint density at radius 1 is 0.784 bits per heavy atom. The molecule has 4 aromatic carbocycles. The Bertz CT molecular complexity index is 2130. The van der Waals surface area contributed by atoms with Gasteiger partial charge in [0.25, 0.3) is 0 Å². The maximum Gasteiger partial charge on any atom is 0.246 e. The first-order chi connectivity index (χ1) is 24.6. The predicted octanol–water partition coefficient (Wildman–Crippen LogP) is 7.19. The topological polar surface area (TPSA) is 113 Å². The van der Waals surface area contributed by atoms with Crippen molar-refractivity contribution in [1.82, 2.24) is 0 Å². The molecule has 4 aromatic rings. The van der Waals surface area contributed by atoms with Crippen LogP contribution < -0.4 is 19.3 Å². The Morgan fingerprint density at radius 3 is 2.12 bits per heavy atom. The van der Waals surface area contributed by atoms with Crippen LogP contribution in [0.2, 0.25) is 5.02 Å². The van der Waals surface area contributed by atoms with E-state index in [2.05, 4.69) is 15.9 Å². The minimum atomic E-state index is -1.49. The van der Waals surface area contributed by atoms with Crippen LogP contribution in [0.15, 0.2) is 107 Å². The molecular formula is C40H32BrClN2O7. The molecule has 2 aliphatic carbocycles. The second-order valence-corrected chi connectivity index (χ2v) is 14.7. The molecule has 9 nitrogen and oxygen atoms in total. The second kappa shape index (κ2) is 12.4. The third kappa shape index (κ3) is 4.79. The van der Waals surface area contributed by atoms with Crippen LogP contribution in [0.3, 0.4) is 0 Å². The van der Waals surface area contributed by atoms with Crippen molar-refractivity contribution >= 4 is 62.5 Å². The number of hydrogen-bond acceptors (Lipinski definition) is 7. The van der Waals surface area contributed by atoms with Crippen molar-refractivity contribution in [2.45, 2.75) is 24.2 Å². The van der Waals surface area contributed by atoms with Gasteiger partial charge in [0.05, 0.1) is 48.8 Å². The molecule has 11 heteroatoms. The number of hydrogen-bond donors (Lipinski definition) is 1. The molecule has 0 aromatic heterocycles. The first kappa shape index (κ1) is 33.2. The van der Waals surface area contributed by atoms with Gasteiger partial charge < -0.3 is 14.6 Å². The zero-order valence-electron chi connectivity index (χ0n) is 27.6. The van der Waals surface area contributed by atoms with E-state index in [0.717, 1.165) is 10.0 Å². The summed E-state index contributed by atoms with van der Waals surface area (Å²) in [7, 11) is 2.85. The Kier molecular flexibility index (Phi) is 8.07. The van der Waals surface area contributed by atoms with E-state index in [-0.39, 0.29) is 41.9 Å². The van der Waals surface area contributed by atoms with Crippen molar-refractivity contribution in [1.29, 1.82) is 0 Å². The Balaban J connectivity index is 1.38. The van der Waals surface area contributed by atoms with Crippen LogP contribution in [-0.4, -0.2) is 43.0 Å². The largest absolute Gasteiger partial charge is 0.502 e. The van der Waals surface area contributed by atoms with Gasteiger partial charge in [-0.3, -0.25) is 24.1 Å². The van der Waals surface area contributed by atoms with E-state index in [0.29, 0.717) is 27.5 Å². The Morgan fingerprint density at radius 2 is 1.47 bits per heavy atom. The van der Waals surface area contributed by atoms with Gasteiger partial charge in [-0.25, -0.2) is 4.90 Å². The molecule has 2 saturated heterocycles. The number of ether oxygens (including phenoxy) is 2. The molecule has 2 heterocycles. The van der Waals surface area contributed by atoms with Crippen LogP contribution in [0.4, 0.5) is 11.4 Å². The van der Waals surface area contributed by atoms with E-state index in [1.54, 1.807) is 60.7 Å². The number of carbonyl (C=O) groups excluding carboxylic acids is 4. The summed E-state index contributed by atoms with van der Waals surface area (Å²) < 4.78 is 12.0. The first-order valence-electron chi connectivity index (χ1n) is 16.6. The number of amides is 4. The second-order valence-electron chi connectivity index (χ2n) is 13.4. The number of carbonyl (C=O) groups is 4. The number of fused-ring (bicyclic) bond motifs is 4. The van der Waals surface area contributed by atoms with Crippen LogP contribution in [-0.2, 0) is 24.6 Å². The fourth-order valence-corrected chi connectivity index (χ4v) is 9.49. The molecule has 1 N–H and O–H groups in total. The third-order valence-corrected chi connectivity index (χ3v) is 11.9. The number of methoxy groups -OCH3 is 2. The standard InChI is InChI=1S/C40H32BrClN2O7/c1-50-31-17-21(18-32(51-2)35(31)45)34-27-15-16-28-33(38(48)43(36(28)46)25-13-11-23(41)12-14-25)29(27)20-30-37(47)44(26-10-6-9-24(42)19-26)39(49)40(30,34)22-7-4-3-5-8-22/h3-15,17-19,28-30,33-34,45H,16,20H2,1-2H3. The average Bonchev–Trinajstić information content (AvgIpc) is 3.53. The quantitative estimate of drug-likeness (QED) is 0.163. The molecule has 0 spiro atoms. The van der Waals surface area contributed by atoms with Crippen LogP contribution in [0, 0.1) is 23.7 Å². The van der Waals surface area contributed by atoms with Crippen molar-refractivity contribution in [3.8, 4) is 17.2 Å². The molecule has 4 aliphatic rings. The molecule has 3 fully saturated rings. The van der Waals surface area contributed by atoms with E-state index in [1.165, 1.54) is 24.0 Å². The summed E-state index contributed by atoms with van der Waals surface area (Å²) in [5, 5.41) is 11.3. The number of phenolic OH excluding ortho intramolecular Hbond substituents is 1. The highest BCUT2D eigenvalue weighted by atomic mass is 79.9. The van der Waals surface area contributed by atoms with Crippen LogP contribution in [0.25, 0.3) is 0 Å². The Hall–Kier alpha value is -4.93. The normalized spacial score (nSPS) is 26.8. The van der Waals surface area contributed by atoms with Gasteiger partial charge in [-0.05, 0) is 84.5 Å². The van der Waals surface area contributed by atoms with Crippen molar-refractivity contribution in [3.63, 3.8) is 0 Å². The number of imide groups is 2. The number of nitrogens with zero attached hydrogens (tertiary/aromatic N) is 2. The summed E-state index contributed by atoms with van der Waals surface area (Å²) in [6.07, 6.45) is 2.41. The van der Waals surface area contributed by atoms with Crippen LogP contribution >= 0.6 is 27.5 Å². The predicted molar refractivity (Wildman–Crippen MR) is 194 cm³/mol. The maximum atomic E-state index is 15.4. The van der Waals surface area contributed by atoms with E-state index < -0.39 is 46.8 Å². The summed E-state index contributed by atoms with van der Waals surface area (Å²) in [4.78, 5) is 61.4. The number of halogens is 2. The van der Waals surface area contributed by atoms with Crippen molar-refractivity contribution in [3.05, 3.63) is 123 Å². The smallest absolute Gasteiger partial charge is 0.246 e. The summed E-state index contributed by atoms with van der Waals surface area (Å²) in [5.41, 5.74) is 1.28. The van der Waals surface area contributed by atoms with Gasteiger partial charge >= 0.3 is 0 Å². The van der Waals surface area contributed by atoms with Crippen molar-refractivity contribution in [2.24, 2.45) is 23.7 Å². The monoisotopic (exact) mass is 766 g/mol.